The van der Waals surface area contributed by atoms with E-state index in [4.69, 9.17) is 15.5 Å². The average Bonchev–Trinajstić information content (AvgIpc) is 3.28. The molecule has 11 heteroatoms. The molecule has 0 bridgehead atoms. The van der Waals surface area contributed by atoms with Crippen molar-refractivity contribution in [2.45, 2.75) is 6.04 Å². The fourth-order valence-electron chi connectivity index (χ4n) is 4.21. The molecule has 0 atom stereocenters. The summed E-state index contributed by atoms with van der Waals surface area (Å²) in [7, 11) is 0. The number of hydrogen-bond donors (Lipinski definition) is 2. The number of nitrogens with zero attached hydrogens (tertiary/aromatic N) is 8. The molecule has 0 aliphatic carbocycles. The van der Waals surface area contributed by atoms with E-state index in [0.717, 1.165) is 45.1 Å². The lowest BCUT2D eigenvalue weighted by atomic mass is 10.1. The number of fused-ring (bicyclic) bond motifs is 1. The number of ether oxygens (including phenoxy) is 1. The van der Waals surface area contributed by atoms with Crippen LogP contribution in [-0.2, 0) is 4.74 Å². The molecule has 2 aliphatic heterocycles. The molecule has 0 spiro atoms. The molecule has 4 aromatic rings. The molecule has 3 aromatic heterocycles. The lowest BCUT2D eigenvalue weighted by molar-refractivity contribution is -0.0660. The van der Waals surface area contributed by atoms with Crippen LogP contribution in [0, 0.1) is 0 Å². The van der Waals surface area contributed by atoms with Crippen LogP contribution in [-0.4, -0.2) is 79.9 Å². The number of anilines is 4. The fraction of sp³-hybridized carbons (Fsp3) is 0.318. The van der Waals surface area contributed by atoms with Gasteiger partial charge in [0.05, 0.1) is 37.8 Å². The largest absolute Gasteiger partial charge is 0.382 e. The van der Waals surface area contributed by atoms with Crippen molar-refractivity contribution in [1.29, 1.82) is 0 Å². The molecule has 168 valence electrons. The average molecular weight is 445 g/mol. The number of nitrogens with two attached hydrogens (primary N) is 1. The molecule has 0 radical (unpaired) electrons. The van der Waals surface area contributed by atoms with Gasteiger partial charge in [-0.25, -0.2) is 19.5 Å². The van der Waals surface area contributed by atoms with Crippen LogP contribution in [0.3, 0.4) is 0 Å². The first-order valence-electron chi connectivity index (χ1n) is 10.9. The van der Waals surface area contributed by atoms with Crippen molar-refractivity contribution in [1.82, 2.24) is 34.4 Å². The minimum atomic E-state index is 0.333. The quantitative estimate of drug-likeness (QED) is 0.467. The first kappa shape index (κ1) is 19.8. The summed E-state index contributed by atoms with van der Waals surface area (Å²) in [5.41, 5.74) is 9.71. The molecule has 2 aliphatic rings. The van der Waals surface area contributed by atoms with Crippen LogP contribution in [0.4, 0.5) is 23.0 Å². The lowest BCUT2D eigenvalue weighted by Crippen LogP contribution is -2.56. The summed E-state index contributed by atoms with van der Waals surface area (Å²) in [6, 6.07) is 9.00. The molecule has 6 rings (SSSR count). The van der Waals surface area contributed by atoms with Crippen LogP contribution in [0.25, 0.3) is 17.0 Å². The molecule has 0 saturated carbocycles. The van der Waals surface area contributed by atoms with Gasteiger partial charge < -0.3 is 20.7 Å². The number of rotatable bonds is 5. The number of aromatic nitrogens is 6. The summed E-state index contributed by atoms with van der Waals surface area (Å²) < 4.78 is 6.99. The smallest absolute Gasteiger partial charge is 0.198 e. The fourth-order valence-corrected chi connectivity index (χ4v) is 4.21. The number of nitrogen functional groups attached to an aromatic ring is 1. The van der Waals surface area contributed by atoms with Crippen LogP contribution < -0.4 is 16.0 Å². The van der Waals surface area contributed by atoms with E-state index in [1.54, 1.807) is 16.9 Å². The van der Waals surface area contributed by atoms with Gasteiger partial charge in [0.1, 0.15) is 23.5 Å². The Morgan fingerprint density at radius 1 is 0.970 bits per heavy atom. The van der Waals surface area contributed by atoms with Crippen molar-refractivity contribution < 1.29 is 4.74 Å². The van der Waals surface area contributed by atoms with Gasteiger partial charge in [0, 0.05) is 37.6 Å². The van der Waals surface area contributed by atoms with E-state index in [2.05, 4.69) is 59.4 Å². The van der Waals surface area contributed by atoms with Gasteiger partial charge in [0.15, 0.2) is 11.5 Å². The van der Waals surface area contributed by atoms with Crippen LogP contribution in [0.1, 0.15) is 0 Å². The highest BCUT2D eigenvalue weighted by atomic mass is 16.5. The van der Waals surface area contributed by atoms with Gasteiger partial charge in [-0.15, -0.1) is 0 Å². The normalized spacial score (nSPS) is 17.3. The van der Waals surface area contributed by atoms with Gasteiger partial charge in [0.25, 0.3) is 0 Å². The Hall–Kier alpha value is -3.83. The number of hydrogen-bond acceptors (Lipinski definition) is 10. The third kappa shape index (κ3) is 3.92. The summed E-state index contributed by atoms with van der Waals surface area (Å²) in [6.07, 6.45) is 6.38. The van der Waals surface area contributed by atoms with Crippen LogP contribution in [0.2, 0.25) is 0 Å². The maximum Gasteiger partial charge on any atom is 0.198 e. The maximum absolute atomic E-state index is 5.79. The van der Waals surface area contributed by atoms with E-state index >= 15 is 0 Å². The van der Waals surface area contributed by atoms with Gasteiger partial charge in [0.2, 0.25) is 0 Å². The monoisotopic (exact) mass is 444 g/mol. The van der Waals surface area contributed by atoms with Crippen LogP contribution >= 0.6 is 0 Å². The molecule has 11 nitrogen and oxygen atoms in total. The van der Waals surface area contributed by atoms with Crippen LogP contribution in [0.5, 0.6) is 0 Å². The van der Waals surface area contributed by atoms with Crippen LogP contribution in [0.15, 0.2) is 49.2 Å². The Kier molecular flexibility index (Phi) is 4.96. The molecule has 0 unspecified atom stereocenters. The molecule has 1 aromatic carbocycles. The Balaban J connectivity index is 1.20. The highest BCUT2D eigenvalue weighted by molar-refractivity contribution is 5.73. The van der Waals surface area contributed by atoms with E-state index in [1.807, 2.05) is 0 Å². The van der Waals surface area contributed by atoms with E-state index < -0.39 is 0 Å². The zero-order valence-corrected chi connectivity index (χ0v) is 18.0. The summed E-state index contributed by atoms with van der Waals surface area (Å²) in [5, 5.41) is 7.63. The van der Waals surface area contributed by atoms with Crippen molar-refractivity contribution in [3.63, 3.8) is 0 Å². The van der Waals surface area contributed by atoms with Gasteiger partial charge in [-0.1, -0.05) is 0 Å². The van der Waals surface area contributed by atoms with Gasteiger partial charge in [-0.05, 0) is 24.3 Å². The van der Waals surface area contributed by atoms with Crippen molar-refractivity contribution in [3.8, 4) is 11.4 Å². The topological polar surface area (TPSA) is 123 Å². The summed E-state index contributed by atoms with van der Waals surface area (Å²) >= 11 is 0. The van der Waals surface area contributed by atoms with E-state index in [-0.39, 0.29) is 0 Å². The number of nitrogens with one attached hydrogen (secondary N) is 1. The Morgan fingerprint density at radius 3 is 2.52 bits per heavy atom. The highest BCUT2D eigenvalue weighted by Crippen LogP contribution is 2.26. The predicted octanol–water partition coefficient (Wildman–Crippen LogP) is 1.43. The number of piperazine rings is 1. The second kappa shape index (κ2) is 8.26. The minimum absolute atomic E-state index is 0.333. The van der Waals surface area contributed by atoms with Crippen molar-refractivity contribution in [2.24, 2.45) is 0 Å². The third-order valence-corrected chi connectivity index (χ3v) is 6.12. The highest BCUT2D eigenvalue weighted by Gasteiger charge is 2.28. The molecule has 33 heavy (non-hydrogen) atoms. The molecule has 0 amide bonds. The Morgan fingerprint density at radius 2 is 1.79 bits per heavy atom. The zero-order valence-electron chi connectivity index (χ0n) is 18.0. The molecular formula is C22H24N10O. The van der Waals surface area contributed by atoms with Gasteiger partial charge >= 0.3 is 0 Å². The van der Waals surface area contributed by atoms with Crippen molar-refractivity contribution >= 4 is 28.7 Å². The lowest BCUT2D eigenvalue weighted by Gasteiger charge is -2.43. The molecular weight excluding hydrogens is 420 g/mol. The van der Waals surface area contributed by atoms with E-state index in [1.165, 1.54) is 18.2 Å². The van der Waals surface area contributed by atoms with Crippen molar-refractivity contribution in [3.05, 3.63) is 49.2 Å². The molecule has 2 fully saturated rings. The van der Waals surface area contributed by atoms with E-state index in [0.29, 0.717) is 34.7 Å². The zero-order chi connectivity index (χ0) is 22.2. The summed E-state index contributed by atoms with van der Waals surface area (Å²) in [4.78, 5) is 22.4. The minimum Gasteiger partial charge on any atom is -0.382 e. The second-order valence-electron chi connectivity index (χ2n) is 8.22. The summed E-state index contributed by atoms with van der Waals surface area (Å²) in [5.74, 6) is 0.915. The Bertz CT molecular complexity index is 1260. The van der Waals surface area contributed by atoms with Gasteiger partial charge in [-0.2, -0.15) is 5.10 Å². The molecule has 2 saturated heterocycles. The third-order valence-electron chi connectivity index (χ3n) is 6.12. The standard InChI is InChI=1S/C22H24N10O/c23-20-10-24-9-18(28-20)19-11-32-22(25-14-26-32)21(29-19)27-15-1-3-16(4-2-15)30-5-7-31(8-6-30)17-12-33-13-17/h1-4,9-11,14,17H,5-8,12-13H2,(H2,23,28)(H,27,29). The predicted molar refractivity (Wildman–Crippen MR) is 124 cm³/mol. The molecule has 5 heterocycles. The number of benzene rings is 1. The first-order chi connectivity index (χ1) is 16.2. The molecule has 3 N–H and O–H groups in total. The Labute approximate surface area is 190 Å². The summed E-state index contributed by atoms with van der Waals surface area (Å²) in [6.45, 7) is 5.94. The SMILES string of the molecule is Nc1cncc(-c2cn3ncnc3c(Nc3ccc(N4CCN(C5COC5)CC4)cc3)n2)n1. The van der Waals surface area contributed by atoms with Gasteiger partial charge in [-0.3, -0.25) is 9.88 Å². The second-order valence-corrected chi connectivity index (χ2v) is 8.22. The van der Waals surface area contributed by atoms with E-state index in [9.17, 15) is 0 Å². The van der Waals surface area contributed by atoms with Crippen molar-refractivity contribution in [2.75, 3.05) is 55.3 Å². The maximum atomic E-state index is 5.79. The first-order valence-corrected chi connectivity index (χ1v) is 10.9.